The minimum absolute atomic E-state index is 0.0239. The van der Waals surface area contributed by atoms with Crippen LogP contribution in [0.15, 0.2) is 11.1 Å². The monoisotopic (exact) mass is 329 g/mol. The van der Waals surface area contributed by atoms with Crippen LogP contribution in [0.25, 0.3) is 11.2 Å². The molecule has 1 unspecified atom stereocenters. The van der Waals surface area contributed by atoms with Crippen LogP contribution in [-0.2, 0) is 18.3 Å². The number of hydrogen-bond donors (Lipinski definition) is 2. The number of aromatic amines is 1. The van der Waals surface area contributed by atoms with Gasteiger partial charge < -0.3 is 19.5 Å². The SMILES string of the molecule is CO[PH](=O)OC[C@@H]1CC[C@H](n2cnc3c(=O)[nH]c(N)nc32)O1. The van der Waals surface area contributed by atoms with Crippen molar-refractivity contribution in [2.45, 2.75) is 25.2 Å². The number of hydrogen-bond acceptors (Lipinski definition) is 8. The maximum atomic E-state index is 11.7. The van der Waals surface area contributed by atoms with Gasteiger partial charge in [0, 0.05) is 7.11 Å². The molecule has 2 aromatic heterocycles. The van der Waals surface area contributed by atoms with Crippen LogP contribution in [0, 0.1) is 0 Å². The highest BCUT2D eigenvalue weighted by Crippen LogP contribution is 2.32. The highest BCUT2D eigenvalue weighted by molar-refractivity contribution is 7.33. The molecule has 2 aromatic rings. The molecule has 10 nitrogen and oxygen atoms in total. The lowest BCUT2D eigenvalue weighted by molar-refractivity contribution is -0.0166. The number of aromatic nitrogens is 4. The molecule has 3 N–H and O–H groups in total. The summed E-state index contributed by atoms with van der Waals surface area (Å²) in [7, 11) is -1.13. The van der Waals surface area contributed by atoms with Crippen molar-refractivity contribution < 1.29 is 18.3 Å². The fourth-order valence-corrected chi connectivity index (χ4v) is 2.83. The number of nitrogen functional groups attached to an aromatic ring is 1. The summed E-state index contributed by atoms with van der Waals surface area (Å²) < 4.78 is 28.3. The van der Waals surface area contributed by atoms with Crippen molar-refractivity contribution in [1.29, 1.82) is 0 Å². The Labute approximate surface area is 125 Å². The lowest BCUT2D eigenvalue weighted by Crippen LogP contribution is -2.16. The molecule has 0 aliphatic carbocycles. The Kier molecular flexibility index (Phi) is 4.25. The summed E-state index contributed by atoms with van der Waals surface area (Å²) in [5.74, 6) is 0.0239. The first-order valence-electron chi connectivity index (χ1n) is 6.67. The van der Waals surface area contributed by atoms with Crippen LogP contribution in [0.5, 0.6) is 0 Å². The third-order valence-electron chi connectivity index (χ3n) is 3.40. The van der Waals surface area contributed by atoms with E-state index in [1.54, 1.807) is 4.57 Å². The molecule has 0 spiro atoms. The van der Waals surface area contributed by atoms with Crippen molar-refractivity contribution in [3.8, 4) is 0 Å². The van der Waals surface area contributed by atoms with E-state index in [1.807, 2.05) is 0 Å². The summed E-state index contributed by atoms with van der Waals surface area (Å²) in [6, 6.07) is 0. The fourth-order valence-electron chi connectivity index (χ4n) is 2.39. The van der Waals surface area contributed by atoms with Crippen LogP contribution >= 0.6 is 8.25 Å². The molecule has 0 amide bonds. The number of rotatable bonds is 5. The van der Waals surface area contributed by atoms with E-state index in [0.29, 0.717) is 12.1 Å². The molecule has 1 fully saturated rings. The van der Waals surface area contributed by atoms with E-state index in [1.165, 1.54) is 13.4 Å². The molecular weight excluding hydrogens is 313 g/mol. The Bertz CT molecular complexity index is 759. The molecule has 1 aliphatic rings. The third kappa shape index (κ3) is 2.91. The summed E-state index contributed by atoms with van der Waals surface area (Å²) in [5.41, 5.74) is 5.75. The summed E-state index contributed by atoms with van der Waals surface area (Å²) in [6.07, 6.45) is 2.39. The van der Waals surface area contributed by atoms with Crippen molar-refractivity contribution in [3.05, 3.63) is 16.7 Å². The largest absolute Gasteiger partial charge is 0.369 e. The molecular formula is C11H16N5O5P. The molecule has 3 heterocycles. The van der Waals surface area contributed by atoms with Crippen LogP contribution in [-0.4, -0.2) is 39.3 Å². The smallest absolute Gasteiger partial charge is 0.318 e. The predicted molar refractivity (Wildman–Crippen MR) is 77.7 cm³/mol. The van der Waals surface area contributed by atoms with Gasteiger partial charge >= 0.3 is 8.25 Å². The lowest BCUT2D eigenvalue weighted by atomic mass is 10.2. The van der Waals surface area contributed by atoms with E-state index in [2.05, 4.69) is 19.5 Å². The predicted octanol–water partition coefficient (Wildman–Crippen LogP) is 0.432. The summed E-state index contributed by atoms with van der Waals surface area (Å²) in [4.78, 5) is 22.3. The average Bonchev–Trinajstić information content (AvgIpc) is 3.10. The summed E-state index contributed by atoms with van der Waals surface area (Å²) in [6.45, 7) is 0.185. The zero-order valence-electron chi connectivity index (χ0n) is 11.8. The van der Waals surface area contributed by atoms with Gasteiger partial charge in [0.05, 0.1) is 19.0 Å². The molecule has 22 heavy (non-hydrogen) atoms. The zero-order valence-corrected chi connectivity index (χ0v) is 12.8. The van der Waals surface area contributed by atoms with Gasteiger partial charge in [-0.2, -0.15) is 4.98 Å². The Balaban J connectivity index is 1.76. The van der Waals surface area contributed by atoms with E-state index >= 15 is 0 Å². The van der Waals surface area contributed by atoms with Gasteiger partial charge in [0.1, 0.15) is 6.23 Å². The van der Waals surface area contributed by atoms with Crippen LogP contribution in [0.1, 0.15) is 19.1 Å². The van der Waals surface area contributed by atoms with Gasteiger partial charge in [-0.1, -0.05) is 0 Å². The van der Waals surface area contributed by atoms with Gasteiger partial charge in [0.15, 0.2) is 11.2 Å². The van der Waals surface area contributed by atoms with Crippen molar-refractivity contribution in [2.24, 2.45) is 0 Å². The van der Waals surface area contributed by atoms with Gasteiger partial charge in [-0.05, 0) is 12.8 Å². The molecule has 3 rings (SSSR count). The normalized spacial score (nSPS) is 23.1. The van der Waals surface area contributed by atoms with E-state index in [-0.39, 0.29) is 30.4 Å². The summed E-state index contributed by atoms with van der Waals surface area (Å²) >= 11 is 0. The topological polar surface area (TPSA) is 134 Å². The maximum absolute atomic E-state index is 11.7. The number of H-pyrrole nitrogens is 1. The Morgan fingerprint density at radius 1 is 1.59 bits per heavy atom. The van der Waals surface area contributed by atoms with E-state index < -0.39 is 13.8 Å². The highest BCUT2D eigenvalue weighted by atomic mass is 31.1. The van der Waals surface area contributed by atoms with Gasteiger partial charge in [-0.25, -0.2) is 4.98 Å². The molecule has 3 atom stereocenters. The number of anilines is 1. The maximum Gasteiger partial charge on any atom is 0.318 e. The number of fused-ring (bicyclic) bond motifs is 1. The van der Waals surface area contributed by atoms with Crippen molar-refractivity contribution in [3.63, 3.8) is 0 Å². The van der Waals surface area contributed by atoms with Crippen LogP contribution in [0.3, 0.4) is 0 Å². The summed E-state index contributed by atoms with van der Waals surface area (Å²) in [5, 5.41) is 0. The van der Waals surface area contributed by atoms with E-state index in [0.717, 1.165) is 6.42 Å². The van der Waals surface area contributed by atoms with E-state index in [9.17, 15) is 9.36 Å². The number of nitrogens with zero attached hydrogens (tertiary/aromatic N) is 3. The van der Waals surface area contributed by atoms with Gasteiger partial charge in [0.25, 0.3) is 5.56 Å². The second-order valence-corrected chi connectivity index (χ2v) is 6.03. The van der Waals surface area contributed by atoms with Gasteiger partial charge in [-0.3, -0.25) is 18.9 Å². The lowest BCUT2D eigenvalue weighted by Gasteiger charge is -2.15. The average molecular weight is 329 g/mol. The number of ether oxygens (including phenoxy) is 1. The third-order valence-corrected chi connectivity index (χ3v) is 4.14. The molecule has 1 saturated heterocycles. The minimum atomic E-state index is -2.46. The van der Waals surface area contributed by atoms with E-state index in [4.69, 9.17) is 15.0 Å². The Morgan fingerprint density at radius 2 is 2.41 bits per heavy atom. The van der Waals surface area contributed by atoms with Crippen LogP contribution < -0.4 is 11.3 Å². The Hall–Kier alpha value is -1.74. The Morgan fingerprint density at radius 3 is 3.18 bits per heavy atom. The van der Waals surface area contributed by atoms with Gasteiger partial charge in [0.2, 0.25) is 5.95 Å². The first kappa shape index (κ1) is 15.2. The van der Waals surface area contributed by atoms with Crippen LogP contribution in [0.4, 0.5) is 5.95 Å². The molecule has 0 aromatic carbocycles. The molecule has 0 saturated carbocycles. The highest BCUT2D eigenvalue weighted by Gasteiger charge is 2.29. The number of nitrogens with two attached hydrogens (primary N) is 1. The minimum Gasteiger partial charge on any atom is -0.369 e. The fraction of sp³-hybridized carbons (Fsp3) is 0.545. The van der Waals surface area contributed by atoms with Gasteiger partial charge in [-0.15, -0.1) is 0 Å². The quantitative estimate of drug-likeness (QED) is 0.754. The van der Waals surface area contributed by atoms with Crippen molar-refractivity contribution in [2.75, 3.05) is 19.5 Å². The molecule has 11 heteroatoms. The zero-order chi connectivity index (χ0) is 15.7. The van der Waals surface area contributed by atoms with Crippen molar-refractivity contribution in [1.82, 2.24) is 19.5 Å². The second-order valence-electron chi connectivity index (χ2n) is 4.83. The molecule has 1 aliphatic heterocycles. The first-order valence-corrected chi connectivity index (χ1v) is 7.89. The molecule has 0 bridgehead atoms. The van der Waals surface area contributed by atoms with Crippen LogP contribution in [0.2, 0.25) is 0 Å². The van der Waals surface area contributed by atoms with Crippen molar-refractivity contribution >= 4 is 25.4 Å². The number of imidazole rings is 1. The molecule has 0 radical (unpaired) electrons. The number of nitrogens with one attached hydrogen (secondary N) is 1. The standard InChI is InChI=1S/C11H16N5O5P/c1-19-22(18)20-4-6-2-3-7(21-6)16-5-13-8-9(16)14-11(12)15-10(8)17/h5-7,22H,2-4H2,1H3,(H3,12,14,15,17)/t6-,7+/m0/s1. The second kappa shape index (κ2) is 6.17. The first-order chi connectivity index (χ1) is 10.6. The molecule has 120 valence electrons.